The van der Waals surface area contributed by atoms with Crippen LogP contribution in [0.15, 0.2) is 0 Å². The van der Waals surface area contributed by atoms with Gasteiger partial charge in [0, 0.05) is 18.8 Å². The monoisotopic (exact) mass is 282 g/mol. The van der Waals surface area contributed by atoms with Gasteiger partial charge in [-0.15, -0.1) is 0 Å². The molecule has 1 heterocycles. The third-order valence-electron chi connectivity index (χ3n) is 3.36. The normalized spacial score (nSPS) is 20.5. The summed E-state index contributed by atoms with van der Waals surface area (Å²) in [6.45, 7) is 7.08. The van der Waals surface area contributed by atoms with Crippen molar-refractivity contribution in [2.75, 3.05) is 0 Å². The van der Waals surface area contributed by atoms with E-state index in [0.717, 1.165) is 0 Å². The van der Waals surface area contributed by atoms with Gasteiger partial charge in [0.05, 0.1) is 6.04 Å². The van der Waals surface area contributed by atoms with Crippen molar-refractivity contribution in [2.24, 2.45) is 11.3 Å². The van der Waals surface area contributed by atoms with Crippen LogP contribution >= 0.6 is 0 Å². The number of ketones is 1. The van der Waals surface area contributed by atoms with Gasteiger partial charge in [0.2, 0.25) is 17.7 Å². The summed E-state index contributed by atoms with van der Waals surface area (Å²) in [7, 11) is 0. The lowest BCUT2D eigenvalue weighted by Crippen LogP contribution is -2.48. The molecule has 20 heavy (non-hydrogen) atoms. The summed E-state index contributed by atoms with van der Waals surface area (Å²) < 4.78 is 0. The molecule has 2 N–H and O–H groups in total. The van der Waals surface area contributed by atoms with Gasteiger partial charge in [-0.25, -0.2) is 0 Å². The van der Waals surface area contributed by atoms with Crippen molar-refractivity contribution < 1.29 is 19.2 Å². The Kier molecular flexibility index (Phi) is 5.03. The first-order valence-corrected chi connectivity index (χ1v) is 6.74. The number of Topliss-reactive ketones (excluding diaryl/α,β-unsaturated/α-hetero) is 1. The molecule has 1 saturated heterocycles. The van der Waals surface area contributed by atoms with E-state index in [-0.39, 0.29) is 41.8 Å². The second-order valence-corrected chi connectivity index (χ2v) is 6.33. The largest absolute Gasteiger partial charge is 0.346 e. The fourth-order valence-corrected chi connectivity index (χ4v) is 2.31. The van der Waals surface area contributed by atoms with E-state index in [1.54, 1.807) is 0 Å². The van der Waals surface area contributed by atoms with Crippen molar-refractivity contribution in [1.29, 1.82) is 0 Å². The molecule has 0 spiro atoms. The summed E-state index contributed by atoms with van der Waals surface area (Å²) in [5, 5.41) is 4.91. The molecule has 0 saturated carbocycles. The Morgan fingerprint density at radius 1 is 1.35 bits per heavy atom. The van der Waals surface area contributed by atoms with Gasteiger partial charge in [-0.1, -0.05) is 20.8 Å². The van der Waals surface area contributed by atoms with E-state index >= 15 is 0 Å². The molecular weight excluding hydrogens is 260 g/mol. The van der Waals surface area contributed by atoms with Gasteiger partial charge >= 0.3 is 0 Å². The Hall–Kier alpha value is -1.72. The molecule has 6 heteroatoms. The van der Waals surface area contributed by atoms with Gasteiger partial charge in [-0.05, 0) is 18.8 Å². The summed E-state index contributed by atoms with van der Waals surface area (Å²) in [5.41, 5.74) is -0.359. The summed E-state index contributed by atoms with van der Waals surface area (Å²) in [4.78, 5) is 45.8. The van der Waals surface area contributed by atoms with Crippen molar-refractivity contribution in [2.45, 2.75) is 53.0 Å². The minimum atomic E-state index is -0.547. The van der Waals surface area contributed by atoms with Crippen LogP contribution in [-0.4, -0.2) is 29.5 Å². The van der Waals surface area contributed by atoms with E-state index in [9.17, 15) is 19.2 Å². The van der Waals surface area contributed by atoms with Gasteiger partial charge in [-0.3, -0.25) is 24.5 Å². The van der Waals surface area contributed by atoms with E-state index in [1.165, 1.54) is 6.92 Å². The first-order valence-electron chi connectivity index (χ1n) is 6.74. The number of hydrogen-bond donors (Lipinski definition) is 2. The highest BCUT2D eigenvalue weighted by Crippen LogP contribution is 2.21. The summed E-state index contributed by atoms with van der Waals surface area (Å²) in [6.07, 6.45) is 0.588. The van der Waals surface area contributed by atoms with Crippen molar-refractivity contribution in [3.8, 4) is 0 Å². The zero-order valence-electron chi connectivity index (χ0n) is 12.4. The number of carbonyl (C=O) groups is 4. The molecule has 1 aliphatic heterocycles. The Morgan fingerprint density at radius 2 is 1.95 bits per heavy atom. The number of carbonyl (C=O) groups excluding carboxylic acids is 4. The van der Waals surface area contributed by atoms with Gasteiger partial charge in [0.15, 0.2) is 5.78 Å². The van der Waals surface area contributed by atoms with Gasteiger partial charge < -0.3 is 5.32 Å². The summed E-state index contributed by atoms with van der Waals surface area (Å²) in [5.74, 6) is -1.41. The lowest BCUT2D eigenvalue weighted by Gasteiger charge is -2.29. The van der Waals surface area contributed by atoms with Crippen molar-refractivity contribution in [1.82, 2.24) is 10.6 Å². The van der Waals surface area contributed by atoms with Crippen LogP contribution in [-0.2, 0) is 19.2 Å². The fourth-order valence-electron chi connectivity index (χ4n) is 2.31. The predicted octanol–water partition coefficient (Wildman–Crippen LogP) is 0.549. The molecule has 112 valence electrons. The van der Waals surface area contributed by atoms with Gasteiger partial charge in [-0.2, -0.15) is 0 Å². The quantitative estimate of drug-likeness (QED) is 0.720. The third kappa shape index (κ3) is 4.43. The summed E-state index contributed by atoms with van der Waals surface area (Å²) >= 11 is 0. The number of amides is 3. The maximum atomic E-state index is 11.9. The van der Waals surface area contributed by atoms with Gasteiger partial charge in [0.1, 0.15) is 0 Å². The average Bonchev–Trinajstić information content (AvgIpc) is 2.60. The molecule has 0 radical (unpaired) electrons. The van der Waals surface area contributed by atoms with Crippen molar-refractivity contribution in [3.05, 3.63) is 0 Å². The predicted molar refractivity (Wildman–Crippen MR) is 72.6 cm³/mol. The van der Waals surface area contributed by atoms with E-state index in [1.807, 2.05) is 20.8 Å². The molecule has 0 aromatic heterocycles. The number of imide groups is 1. The maximum absolute atomic E-state index is 11.9. The SMILES string of the molecule is CC(=O)C(NC(=O)CCC1CC(=O)NC1=O)C(C)(C)C. The summed E-state index contributed by atoms with van der Waals surface area (Å²) in [6, 6.07) is -0.547. The number of rotatable bonds is 5. The molecule has 1 fully saturated rings. The fraction of sp³-hybridized carbons (Fsp3) is 0.714. The molecule has 0 aliphatic carbocycles. The lowest BCUT2D eigenvalue weighted by atomic mass is 9.84. The number of hydrogen-bond acceptors (Lipinski definition) is 4. The van der Waals surface area contributed by atoms with Crippen LogP contribution in [0, 0.1) is 11.3 Å². The minimum absolute atomic E-state index is 0.0976. The molecule has 3 amide bonds. The second kappa shape index (κ2) is 6.15. The maximum Gasteiger partial charge on any atom is 0.230 e. The highest BCUT2D eigenvalue weighted by molar-refractivity contribution is 6.03. The topological polar surface area (TPSA) is 92.3 Å². The Morgan fingerprint density at radius 3 is 2.35 bits per heavy atom. The molecule has 2 atom stereocenters. The highest BCUT2D eigenvalue weighted by Gasteiger charge is 2.32. The molecule has 0 bridgehead atoms. The molecule has 6 nitrogen and oxygen atoms in total. The van der Waals surface area contributed by atoms with Crippen LogP contribution in [0.2, 0.25) is 0 Å². The Labute approximate surface area is 118 Å². The van der Waals surface area contributed by atoms with E-state index in [4.69, 9.17) is 0 Å². The molecule has 2 unspecified atom stereocenters. The molecule has 1 aliphatic rings. The molecular formula is C14H22N2O4. The van der Waals surface area contributed by atoms with E-state index in [0.29, 0.717) is 6.42 Å². The molecule has 0 aromatic rings. The first kappa shape index (κ1) is 16.3. The minimum Gasteiger partial charge on any atom is -0.346 e. The van der Waals surface area contributed by atoms with Crippen LogP contribution in [0.4, 0.5) is 0 Å². The zero-order valence-corrected chi connectivity index (χ0v) is 12.4. The highest BCUT2D eigenvalue weighted by atomic mass is 16.2. The van der Waals surface area contributed by atoms with Crippen LogP contribution in [0.5, 0.6) is 0 Å². The van der Waals surface area contributed by atoms with Crippen molar-refractivity contribution >= 4 is 23.5 Å². The standard InChI is InChI=1S/C14H22N2O4/c1-8(17)12(14(2,3)4)15-10(18)6-5-9-7-11(19)16-13(9)20/h9,12H,5-7H2,1-4H3,(H,15,18)(H,16,19,20). The lowest BCUT2D eigenvalue weighted by molar-refractivity contribution is -0.129. The average molecular weight is 282 g/mol. The van der Waals surface area contributed by atoms with Crippen LogP contribution in [0.25, 0.3) is 0 Å². The van der Waals surface area contributed by atoms with E-state index in [2.05, 4.69) is 10.6 Å². The smallest absolute Gasteiger partial charge is 0.230 e. The zero-order chi connectivity index (χ0) is 15.5. The number of nitrogens with one attached hydrogen (secondary N) is 2. The Bertz CT molecular complexity index is 437. The second-order valence-electron chi connectivity index (χ2n) is 6.33. The Balaban J connectivity index is 2.49. The van der Waals surface area contributed by atoms with Crippen LogP contribution < -0.4 is 10.6 Å². The van der Waals surface area contributed by atoms with E-state index < -0.39 is 12.0 Å². The first-order chi connectivity index (χ1) is 9.11. The van der Waals surface area contributed by atoms with Crippen molar-refractivity contribution in [3.63, 3.8) is 0 Å². The van der Waals surface area contributed by atoms with Crippen LogP contribution in [0.3, 0.4) is 0 Å². The third-order valence-corrected chi connectivity index (χ3v) is 3.36. The van der Waals surface area contributed by atoms with Gasteiger partial charge in [0.25, 0.3) is 0 Å². The molecule has 1 rings (SSSR count). The molecule has 0 aromatic carbocycles. The van der Waals surface area contributed by atoms with Crippen LogP contribution in [0.1, 0.15) is 47.0 Å².